The van der Waals surface area contributed by atoms with Crippen molar-refractivity contribution in [1.29, 1.82) is 0 Å². The molecule has 0 atom stereocenters. The summed E-state index contributed by atoms with van der Waals surface area (Å²) in [5, 5.41) is 5.39. The summed E-state index contributed by atoms with van der Waals surface area (Å²) >= 11 is 0. The van der Waals surface area contributed by atoms with Gasteiger partial charge in [0.05, 0.1) is 0 Å². The van der Waals surface area contributed by atoms with Crippen LogP contribution in [0.15, 0.2) is 24.3 Å². The summed E-state index contributed by atoms with van der Waals surface area (Å²) in [6.45, 7) is 7.67. The molecule has 2 heterocycles. The van der Waals surface area contributed by atoms with Crippen molar-refractivity contribution in [1.82, 2.24) is 10.2 Å². The summed E-state index contributed by atoms with van der Waals surface area (Å²) in [5.74, 6) is -0.792. The number of benzene rings is 1. The number of rotatable bonds is 5. The van der Waals surface area contributed by atoms with Crippen LogP contribution in [-0.2, 0) is 14.4 Å². The predicted molar refractivity (Wildman–Crippen MR) is 109 cm³/mol. The van der Waals surface area contributed by atoms with E-state index in [1.165, 1.54) is 0 Å². The van der Waals surface area contributed by atoms with E-state index in [9.17, 15) is 14.4 Å². The molecule has 7 nitrogen and oxygen atoms in total. The highest BCUT2D eigenvalue weighted by Gasteiger charge is 2.24. The molecule has 2 saturated heterocycles. The fraction of sp³-hybridized carbons (Fsp3) is 0.571. The number of piperidine rings is 1. The molecule has 0 bridgehead atoms. The topological polar surface area (TPSA) is 81.8 Å². The third-order valence-electron chi connectivity index (χ3n) is 5.63. The van der Waals surface area contributed by atoms with E-state index in [0.717, 1.165) is 38.0 Å². The molecule has 2 aliphatic rings. The van der Waals surface area contributed by atoms with Gasteiger partial charge in [-0.2, -0.15) is 0 Å². The molecule has 1 aromatic carbocycles. The van der Waals surface area contributed by atoms with Gasteiger partial charge in [-0.05, 0) is 70.3 Å². The van der Waals surface area contributed by atoms with E-state index in [4.69, 9.17) is 0 Å². The third-order valence-corrected chi connectivity index (χ3v) is 5.63. The minimum Gasteiger partial charge on any atom is -0.348 e. The summed E-state index contributed by atoms with van der Waals surface area (Å²) in [6, 6.07) is 7.61. The van der Waals surface area contributed by atoms with Crippen LogP contribution >= 0.6 is 0 Å². The molecule has 0 unspecified atom stereocenters. The maximum atomic E-state index is 12.2. The first-order chi connectivity index (χ1) is 13.4. The van der Waals surface area contributed by atoms with Crippen LogP contribution in [0.1, 0.15) is 39.5 Å². The monoisotopic (exact) mass is 386 g/mol. The first-order valence-electron chi connectivity index (χ1n) is 10.2. The average molecular weight is 386 g/mol. The molecule has 3 amide bonds. The second-order valence-electron chi connectivity index (χ2n) is 7.94. The van der Waals surface area contributed by atoms with Crippen molar-refractivity contribution in [3.63, 3.8) is 0 Å². The van der Waals surface area contributed by atoms with Crippen LogP contribution in [0.3, 0.4) is 0 Å². The Morgan fingerprint density at radius 3 is 2.54 bits per heavy atom. The zero-order chi connectivity index (χ0) is 20.1. The van der Waals surface area contributed by atoms with Gasteiger partial charge in [0, 0.05) is 36.9 Å². The van der Waals surface area contributed by atoms with Crippen molar-refractivity contribution in [2.75, 3.05) is 36.4 Å². The first-order valence-corrected chi connectivity index (χ1v) is 10.2. The van der Waals surface area contributed by atoms with Crippen molar-refractivity contribution >= 4 is 29.1 Å². The molecule has 7 heteroatoms. The van der Waals surface area contributed by atoms with Crippen LogP contribution in [0.25, 0.3) is 0 Å². The number of nitrogens with one attached hydrogen (secondary N) is 2. The van der Waals surface area contributed by atoms with Gasteiger partial charge in [-0.1, -0.05) is 6.07 Å². The minimum absolute atomic E-state index is 0.0877. The van der Waals surface area contributed by atoms with Crippen LogP contribution in [0.5, 0.6) is 0 Å². The first kappa shape index (κ1) is 20.3. The highest BCUT2D eigenvalue weighted by molar-refractivity contribution is 6.39. The maximum absolute atomic E-state index is 12.2. The summed E-state index contributed by atoms with van der Waals surface area (Å²) in [7, 11) is 0. The van der Waals surface area contributed by atoms with Gasteiger partial charge in [-0.15, -0.1) is 0 Å². The Morgan fingerprint density at radius 1 is 1.14 bits per heavy atom. The van der Waals surface area contributed by atoms with Gasteiger partial charge in [-0.25, -0.2) is 0 Å². The lowest BCUT2D eigenvalue weighted by Gasteiger charge is -2.34. The van der Waals surface area contributed by atoms with Crippen molar-refractivity contribution in [2.24, 2.45) is 5.92 Å². The molecule has 0 spiro atoms. The largest absolute Gasteiger partial charge is 0.348 e. The molecule has 3 rings (SSSR count). The third kappa shape index (κ3) is 5.10. The van der Waals surface area contributed by atoms with Crippen LogP contribution < -0.4 is 15.5 Å². The number of nitrogens with zero attached hydrogens (tertiary/aromatic N) is 2. The summed E-state index contributed by atoms with van der Waals surface area (Å²) in [5.41, 5.74) is 1.26. The lowest BCUT2D eigenvalue weighted by molar-refractivity contribution is -0.136. The highest BCUT2D eigenvalue weighted by Crippen LogP contribution is 2.24. The van der Waals surface area contributed by atoms with Crippen LogP contribution in [0, 0.1) is 5.92 Å². The van der Waals surface area contributed by atoms with Gasteiger partial charge in [0.25, 0.3) is 0 Å². The summed E-state index contributed by atoms with van der Waals surface area (Å²) < 4.78 is 0. The Labute approximate surface area is 166 Å². The maximum Gasteiger partial charge on any atom is 0.313 e. The second kappa shape index (κ2) is 9.19. The SMILES string of the molecule is CC(C)N1CCC(CNC(=O)C(=O)Nc2cccc(N3CCCC3=O)c2)CC1. The molecular formula is C21H30N4O3. The van der Waals surface area contributed by atoms with E-state index in [0.29, 0.717) is 37.2 Å². The van der Waals surface area contributed by atoms with Crippen LogP contribution in [-0.4, -0.2) is 54.8 Å². The Kier molecular flexibility index (Phi) is 6.67. The normalized spacial score (nSPS) is 18.5. The molecule has 0 aliphatic carbocycles. The number of anilines is 2. The molecule has 2 fully saturated rings. The summed E-state index contributed by atoms with van der Waals surface area (Å²) in [6.07, 6.45) is 3.46. The Morgan fingerprint density at radius 2 is 1.89 bits per heavy atom. The summed E-state index contributed by atoms with van der Waals surface area (Å²) in [4.78, 5) is 40.4. The van der Waals surface area contributed by atoms with Crippen molar-refractivity contribution in [3.8, 4) is 0 Å². The van der Waals surface area contributed by atoms with Gasteiger partial charge in [0.1, 0.15) is 0 Å². The number of carbonyl (C=O) groups is 3. The van der Waals surface area contributed by atoms with Gasteiger partial charge in [0.15, 0.2) is 0 Å². The predicted octanol–water partition coefficient (Wildman–Crippen LogP) is 1.99. The van der Waals surface area contributed by atoms with Gasteiger partial charge < -0.3 is 20.4 Å². The van der Waals surface area contributed by atoms with Crippen LogP contribution in [0.2, 0.25) is 0 Å². The molecule has 2 N–H and O–H groups in total. The van der Waals surface area contributed by atoms with E-state index in [1.807, 2.05) is 6.07 Å². The van der Waals surface area contributed by atoms with Crippen molar-refractivity contribution in [2.45, 2.75) is 45.6 Å². The second-order valence-corrected chi connectivity index (χ2v) is 7.94. The number of carbonyl (C=O) groups excluding carboxylic acids is 3. The Balaban J connectivity index is 1.47. The number of hydrogen-bond acceptors (Lipinski definition) is 4. The fourth-order valence-electron chi connectivity index (χ4n) is 3.85. The van der Waals surface area contributed by atoms with E-state index in [2.05, 4.69) is 29.4 Å². The van der Waals surface area contributed by atoms with Gasteiger partial charge in [0.2, 0.25) is 5.91 Å². The van der Waals surface area contributed by atoms with E-state index in [1.54, 1.807) is 23.1 Å². The molecule has 28 heavy (non-hydrogen) atoms. The lowest BCUT2D eigenvalue weighted by Crippen LogP contribution is -2.43. The molecule has 0 saturated carbocycles. The molecule has 152 valence electrons. The number of amides is 3. The van der Waals surface area contributed by atoms with Crippen molar-refractivity contribution in [3.05, 3.63) is 24.3 Å². The Hall–Kier alpha value is -2.41. The molecule has 2 aliphatic heterocycles. The van der Waals surface area contributed by atoms with Crippen LogP contribution in [0.4, 0.5) is 11.4 Å². The molecular weight excluding hydrogens is 356 g/mol. The zero-order valence-corrected chi connectivity index (χ0v) is 16.7. The molecule has 0 radical (unpaired) electrons. The van der Waals surface area contributed by atoms with E-state index in [-0.39, 0.29) is 5.91 Å². The highest BCUT2D eigenvalue weighted by atomic mass is 16.2. The van der Waals surface area contributed by atoms with E-state index >= 15 is 0 Å². The minimum atomic E-state index is -0.676. The Bertz CT molecular complexity index is 726. The van der Waals surface area contributed by atoms with Gasteiger partial charge in [-0.3, -0.25) is 14.4 Å². The average Bonchev–Trinajstić information content (AvgIpc) is 3.12. The zero-order valence-electron chi connectivity index (χ0n) is 16.7. The standard InChI is InChI=1S/C21H30N4O3/c1-15(2)24-11-8-16(9-12-24)14-22-20(27)21(28)23-17-5-3-6-18(13-17)25-10-4-7-19(25)26/h3,5-6,13,15-16H,4,7-12,14H2,1-2H3,(H,22,27)(H,23,28). The molecule has 0 aromatic heterocycles. The van der Waals surface area contributed by atoms with Crippen molar-refractivity contribution < 1.29 is 14.4 Å². The smallest absolute Gasteiger partial charge is 0.313 e. The number of hydrogen-bond donors (Lipinski definition) is 2. The molecule has 1 aromatic rings. The van der Waals surface area contributed by atoms with Gasteiger partial charge >= 0.3 is 11.8 Å². The number of likely N-dealkylation sites (tertiary alicyclic amines) is 1. The van der Waals surface area contributed by atoms with E-state index < -0.39 is 11.8 Å². The lowest BCUT2D eigenvalue weighted by atomic mass is 9.96. The quantitative estimate of drug-likeness (QED) is 0.759. The fourth-order valence-corrected chi connectivity index (χ4v) is 3.85.